The van der Waals surface area contributed by atoms with Gasteiger partial charge in [-0.1, -0.05) is 6.07 Å². The van der Waals surface area contributed by atoms with Crippen LogP contribution in [0.4, 0.5) is 4.79 Å². The summed E-state index contributed by atoms with van der Waals surface area (Å²) in [4.78, 5) is 20.7. The number of carbonyl (C=O) groups excluding carboxylic acids is 1. The number of nitrogens with zero attached hydrogens (tertiary/aromatic N) is 2. The van der Waals surface area contributed by atoms with Gasteiger partial charge in [-0.05, 0) is 47.1 Å². The molecule has 1 aromatic rings. The second-order valence-corrected chi connectivity index (χ2v) is 7.77. The van der Waals surface area contributed by atoms with E-state index in [-0.39, 0.29) is 24.0 Å². The van der Waals surface area contributed by atoms with Crippen molar-refractivity contribution in [2.45, 2.75) is 59.2 Å². The van der Waals surface area contributed by atoms with Gasteiger partial charge in [-0.3, -0.25) is 0 Å². The van der Waals surface area contributed by atoms with E-state index in [0.717, 1.165) is 12.1 Å². The van der Waals surface area contributed by atoms with Crippen LogP contribution in [0.2, 0.25) is 0 Å². The molecule has 0 radical (unpaired) electrons. The van der Waals surface area contributed by atoms with Gasteiger partial charge in [0.25, 0.3) is 0 Å². The van der Waals surface area contributed by atoms with E-state index in [2.05, 4.69) is 25.9 Å². The average molecular weight is 507 g/mol. The summed E-state index contributed by atoms with van der Waals surface area (Å²) in [6.45, 7) is 13.0. The van der Waals surface area contributed by atoms with Crippen molar-refractivity contribution < 1.29 is 14.3 Å². The van der Waals surface area contributed by atoms with E-state index in [1.807, 2.05) is 47.6 Å². The number of methoxy groups -OCH3 is 1. The monoisotopic (exact) mass is 507 g/mol. The zero-order valence-electron chi connectivity index (χ0n) is 17.9. The minimum Gasteiger partial charge on any atom is -0.481 e. The summed E-state index contributed by atoms with van der Waals surface area (Å²) >= 11 is 0. The molecule has 0 bridgehead atoms. The number of halogens is 1. The molecular weight excluding hydrogens is 473 g/mol. The second-order valence-electron chi connectivity index (χ2n) is 7.77. The summed E-state index contributed by atoms with van der Waals surface area (Å²) in [5.74, 6) is 1.23. The molecule has 0 atom stereocenters. The van der Waals surface area contributed by atoms with Crippen LogP contribution >= 0.6 is 24.0 Å². The number of aliphatic imine (C=N–C) groups is 1. The Morgan fingerprint density at radius 3 is 2.36 bits per heavy atom. The van der Waals surface area contributed by atoms with Crippen molar-refractivity contribution in [2.24, 2.45) is 4.99 Å². The van der Waals surface area contributed by atoms with Crippen molar-refractivity contribution in [2.75, 3.05) is 20.2 Å². The maximum absolute atomic E-state index is 12.0. The number of pyridine rings is 1. The molecule has 28 heavy (non-hydrogen) atoms. The van der Waals surface area contributed by atoms with E-state index >= 15 is 0 Å². The summed E-state index contributed by atoms with van der Waals surface area (Å²) in [6, 6.07) is 3.73. The number of carbonyl (C=O) groups is 1. The molecule has 160 valence electrons. The molecule has 0 fully saturated rings. The highest BCUT2D eigenvalue weighted by Crippen LogP contribution is 2.09. The fraction of sp³-hybridized carbons (Fsp3) is 0.632. The number of alkyl carbamates (subject to hydrolysis) is 1. The smallest absolute Gasteiger partial charge is 0.408 e. The Bertz CT molecular complexity index is 627. The van der Waals surface area contributed by atoms with Gasteiger partial charge in [-0.25, -0.2) is 14.8 Å². The van der Waals surface area contributed by atoms with E-state index in [0.29, 0.717) is 24.9 Å². The Balaban J connectivity index is 0.00000729. The fourth-order valence-electron chi connectivity index (χ4n) is 2.07. The highest BCUT2D eigenvalue weighted by molar-refractivity contribution is 14.0. The zero-order chi connectivity index (χ0) is 20.5. The van der Waals surface area contributed by atoms with Crippen molar-refractivity contribution in [1.29, 1.82) is 0 Å². The molecule has 1 heterocycles. The molecule has 1 rings (SSSR count). The first-order valence-electron chi connectivity index (χ1n) is 9.07. The molecule has 0 saturated heterocycles. The topological polar surface area (TPSA) is 96.9 Å². The lowest BCUT2D eigenvalue weighted by Crippen LogP contribution is -2.54. The van der Waals surface area contributed by atoms with Crippen LogP contribution in [-0.2, 0) is 11.3 Å². The van der Waals surface area contributed by atoms with Gasteiger partial charge in [0, 0.05) is 25.4 Å². The van der Waals surface area contributed by atoms with Gasteiger partial charge in [0.15, 0.2) is 5.96 Å². The third-order valence-electron chi connectivity index (χ3n) is 3.31. The SMILES string of the molecule is CCNC(=NCc1ccc(OC)nc1)NCC(C)(C)NC(=O)OC(C)(C)C.I. The number of hydrogen-bond donors (Lipinski definition) is 3. The van der Waals surface area contributed by atoms with Crippen molar-refractivity contribution in [3.8, 4) is 5.88 Å². The van der Waals surface area contributed by atoms with Gasteiger partial charge in [0.05, 0.1) is 19.2 Å². The molecule has 0 unspecified atom stereocenters. The van der Waals surface area contributed by atoms with E-state index in [9.17, 15) is 4.79 Å². The van der Waals surface area contributed by atoms with Gasteiger partial charge in [0.1, 0.15) is 5.60 Å². The summed E-state index contributed by atoms with van der Waals surface area (Å²) in [5, 5.41) is 9.30. The quantitative estimate of drug-likeness (QED) is 0.298. The number of rotatable bonds is 7. The van der Waals surface area contributed by atoms with Gasteiger partial charge >= 0.3 is 6.09 Å². The third kappa shape index (κ3) is 11.2. The highest BCUT2D eigenvalue weighted by atomic mass is 127. The van der Waals surface area contributed by atoms with Crippen molar-refractivity contribution in [3.05, 3.63) is 23.9 Å². The van der Waals surface area contributed by atoms with Gasteiger partial charge in [-0.15, -0.1) is 24.0 Å². The summed E-state index contributed by atoms with van der Waals surface area (Å²) < 4.78 is 10.4. The van der Waals surface area contributed by atoms with Crippen LogP contribution in [-0.4, -0.2) is 48.4 Å². The molecule has 0 spiro atoms. The lowest BCUT2D eigenvalue weighted by atomic mass is 10.1. The Hall–Kier alpha value is -1.78. The van der Waals surface area contributed by atoms with Gasteiger partial charge in [-0.2, -0.15) is 0 Å². The van der Waals surface area contributed by atoms with E-state index in [1.165, 1.54) is 0 Å². The number of guanidine groups is 1. The minimum atomic E-state index is -0.531. The molecule has 3 N–H and O–H groups in total. The number of ether oxygens (including phenoxy) is 2. The van der Waals surface area contributed by atoms with Crippen LogP contribution in [0.5, 0.6) is 5.88 Å². The van der Waals surface area contributed by atoms with Crippen LogP contribution in [0.3, 0.4) is 0 Å². The number of amides is 1. The lowest BCUT2D eigenvalue weighted by molar-refractivity contribution is 0.0474. The summed E-state index contributed by atoms with van der Waals surface area (Å²) in [7, 11) is 1.58. The van der Waals surface area contributed by atoms with Crippen molar-refractivity contribution in [3.63, 3.8) is 0 Å². The lowest BCUT2D eigenvalue weighted by Gasteiger charge is -2.29. The fourth-order valence-corrected chi connectivity index (χ4v) is 2.07. The molecule has 8 nitrogen and oxygen atoms in total. The predicted octanol–water partition coefficient (Wildman–Crippen LogP) is 3.07. The average Bonchev–Trinajstić information content (AvgIpc) is 2.55. The highest BCUT2D eigenvalue weighted by Gasteiger charge is 2.24. The van der Waals surface area contributed by atoms with Crippen LogP contribution in [0.1, 0.15) is 47.1 Å². The van der Waals surface area contributed by atoms with Crippen molar-refractivity contribution >= 4 is 36.0 Å². The molecule has 0 aliphatic carbocycles. The molecule has 0 aliphatic rings. The molecular formula is C19H34IN5O3. The first-order valence-corrected chi connectivity index (χ1v) is 9.07. The van der Waals surface area contributed by atoms with Crippen molar-refractivity contribution in [1.82, 2.24) is 20.9 Å². The van der Waals surface area contributed by atoms with Crippen LogP contribution in [0.15, 0.2) is 23.3 Å². The summed E-state index contributed by atoms with van der Waals surface area (Å²) in [6.07, 6.45) is 1.29. The molecule has 9 heteroatoms. The second kappa shape index (κ2) is 11.9. The molecule has 1 amide bonds. The third-order valence-corrected chi connectivity index (χ3v) is 3.31. The van der Waals surface area contributed by atoms with E-state index in [4.69, 9.17) is 9.47 Å². The van der Waals surface area contributed by atoms with E-state index in [1.54, 1.807) is 19.4 Å². The first-order chi connectivity index (χ1) is 12.5. The minimum absolute atomic E-state index is 0. The standard InChI is InChI=1S/C19H33N5O3.HI/c1-8-20-16(22-12-14-9-10-15(26-7)21-11-14)23-13-19(5,6)24-17(25)27-18(2,3)4;/h9-11H,8,12-13H2,1-7H3,(H,24,25)(H2,20,22,23);1H. The largest absolute Gasteiger partial charge is 0.481 e. The Kier molecular flexibility index (Phi) is 11.2. The first kappa shape index (κ1) is 26.2. The summed E-state index contributed by atoms with van der Waals surface area (Å²) in [5.41, 5.74) is -0.0736. The zero-order valence-corrected chi connectivity index (χ0v) is 20.2. The number of nitrogens with one attached hydrogen (secondary N) is 3. The Labute approximate surface area is 185 Å². The normalized spacial score (nSPS) is 11.9. The van der Waals surface area contributed by atoms with E-state index < -0.39 is 17.2 Å². The molecule has 0 aromatic carbocycles. The molecule has 0 aliphatic heterocycles. The van der Waals surface area contributed by atoms with Gasteiger partial charge in [0.2, 0.25) is 5.88 Å². The predicted molar refractivity (Wildman–Crippen MR) is 122 cm³/mol. The Morgan fingerprint density at radius 1 is 1.18 bits per heavy atom. The van der Waals surface area contributed by atoms with Crippen LogP contribution < -0.4 is 20.7 Å². The molecule has 1 aromatic heterocycles. The maximum Gasteiger partial charge on any atom is 0.408 e. The number of hydrogen-bond acceptors (Lipinski definition) is 5. The molecule has 0 saturated carbocycles. The van der Waals surface area contributed by atoms with Crippen LogP contribution in [0.25, 0.3) is 0 Å². The maximum atomic E-state index is 12.0. The Morgan fingerprint density at radius 2 is 1.86 bits per heavy atom. The van der Waals surface area contributed by atoms with Gasteiger partial charge < -0.3 is 25.4 Å². The number of aromatic nitrogens is 1. The van der Waals surface area contributed by atoms with Crippen LogP contribution in [0, 0.1) is 0 Å².